The Balaban J connectivity index is 2.39. The van der Waals surface area contributed by atoms with E-state index >= 15 is 0 Å². The van der Waals surface area contributed by atoms with E-state index in [1.807, 2.05) is 0 Å². The molecule has 0 aromatic heterocycles. The van der Waals surface area contributed by atoms with Gasteiger partial charge in [0.2, 0.25) is 5.91 Å². The number of aliphatic carboxylic acids is 1. The second-order valence-electron chi connectivity index (χ2n) is 6.08. The van der Waals surface area contributed by atoms with Crippen LogP contribution in [0.1, 0.15) is 34.1 Å². The van der Waals surface area contributed by atoms with Crippen molar-refractivity contribution in [3.63, 3.8) is 0 Å². The summed E-state index contributed by atoms with van der Waals surface area (Å²) in [7, 11) is 0. The van der Waals surface area contributed by atoms with Crippen molar-refractivity contribution in [2.45, 2.75) is 45.8 Å². The Morgan fingerprint density at radius 1 is 1.35 bits per heavy atom. The van der Waals surface area contributed by atoms with E-state index in [-0.39, 0.29) is 17.9 Å². The minimum absolute atomic E-state index is 0.0652. The molecule has 2 amide bonds. The Labute approximate surface area is 118 Å². The van der Waals surface area contributed by atoms with Gasteiger partial charge < -0.3 is 20.1 Å². The number of ether oxygens (including phenoxy) is 1. The molecule has 0 radical (unpaired) electrons. The van der Waals surface area contributed by atoms with E-state index in [4.69, 9.17) is 9.84 Å². The lowest BCUT2D eigenvalue weighted by molar-refractivity contribution is -0.142. The number of carboxylic acid groups (broad SMARTS) is 1. The van der Waals surface area contributed by atoms with Crippen molar-refractivity contribution in [3.8, 4) is 0 Å². The van der Waals surface area contributed by atoms with E-state index < -0.39 is 17.6 Å². The Hall–Kier alpha value is -1.79. The monoisotopic (exact) mass is 286 g/mol. The predicted molar refractivity (Wildman–Crippen MR) is 71.2 cm³/mol. The summed E-state index contributed by atoms with van der Waals surface area (Å²) in [6.45, 7) is 7.57. The van der Waals surface area contributed by atoms with Gasteiger partial charge in [-0.3, -0.25) is 4.79 Å². The smallest absolute Gasteiger partial charge is 0.410 e. The molecule has 114 valence electrons. The highest BCUT2D eigenvalue weighted by Crippen LogP contribution is 2.23. The highest BCUT2D eigenvalue weighted by atomic mass is 16.6. The van der Waals surface area contributed by atoms with Gasteiger partial charge in [-0.1, -0.05) is 0 Å². The molecule has 0 aromatic carbocycles. The molecule has 1 aliphatic heterocycles. The molecule has 0 aromatic rings. The quantitative estimate of drug-likeness (QED) is 0.798. The zero-order chi connectivity index (χ0) is 15.5. The molecule has 1 unspecified atom stereocenters. The van der Waals surface area contributed by atoms with E-state index in [0.29, 0.717) is 19.5 Å². The second-order valence-corrected chi connectivity index (χ2v) is 6.08. The van der Waals surface area contributed by atoms with Crippen molar-refractivity contribution in [1.82, 2.24) is 10.2 Å². The number of likely N-dealkylation sites (tertiary alicyclic amines) is 1. The van der Waals surface area contributed by atoms with Gasteiger partial charge in [-0.15, -0.1) is 0 Å². The fourth-order valence-electron chi connectivity index (χ4n) is 1.99. The van der Waals surface area contributed by atoms with Crippen LogP contribution >= 0.6 is 0 Å². The van der Waals surface area contributed by atoms with Crippen LogP contribution in [0.5, 0.6) is 0 Å². The topological polar surface area (TPSA) is 95.9 Å². The van der Waals surface area contributed by atoms with Gasteiger partial charge in [0.25, 0.3) is 0 Å². The van der Waals surface area contributed by atoms with E-state index in [1.54, 1.807) is 20.8 Å². The summed E-state index contributed by atoms with van der Waals surface area (Å²) < 4.78 is 5.21. The Kier molecular flexibility index (Phi) is 4.97. The van der Waals surface area contributed by atoms with Crippen LogP contribution in [0.2, 0.25) is 0 Å². The number of hydrogen-bond donors (Lipinski definition) is 2. The number of hydrogen-bond acceptors (Lipinski definition) is 4. The normalized spacial score (nSPS) is 17.1. The standard InChI is InChI=1S/C13H22N2O5/c1-8(16)14-10(11(17)18)5-9-6-15(7-9)12(19)20-13(2,3)4/h9-10H,5-7H2,1-4H3,(H,14,16)(H,17,18). The largest absolute Gasteiger partial charge is 0.480 e. The van der Waals surface area contributed by atoms with Crippen molar-refractivity contribution in [3.05, 3.63) is 0 Å². The molecule has 0 spiro atoms. The Bertz CT molecular complexity index is 396. The van der Waals surface area contributed by atoms with E-state index in [2.05, 4.69) is 5.32 Å². The fourth-order valence-corrected chi connectivity index (χ4v) is 1.99. The van der Waals surface area contributed by atoms with Crippen molar-refractivity contribution < 1.29 is 24.2 Å². The van der Waals surface area contributed by atoms with Gasteiger partial charge in [0.15, 0.2) is 0 Å². The van der Waals surface area contributed by atoms with Gasteiger partial charge in [-0.05, 0) is 33.1 Å². The van der Waals surface area contributed by atoms with Crippen LogP contribution in [-0.4, -0.2) is 52.7 Å². The maximum Gasteiger partial charge on any atom is 0.410 e. The van der Waals surface area contributed by atoms with Gasteiger partial charge in [0.05, 0.1) is 0 Å². The summed E-state index contributed by atoms with van der Waals surface area (Å²) in [5.74, 6) is -1.37. The van der Waals surface area contributed by atoms with Gasteiger partial charge >= 0.3 is 12.1 Å². The van der Waals surface area contributed by atoms with Crippen molar-refractivity contribution in [2.24, 2.45) is 5.92 Å². The van der Waals surface area contributed by atoms with Crippen molar-refractivity contribution >= 4 is 18.0 Å². The molecule has 1 saturated heterocycles. The first-order chi connectivity index (χ1) is 9.08. The number of nitrogens with zero attached hydrogens (tertiary/aromatic N) is 1. The Morgan fingerprint density at radius 3 is 2.30 bits per heavy atom. The molecular weight excluding hydrogens is 264 g/mol. The highest BCUT2D eigenvalue weighted by molar-refractivity contribution is 5.82. The van der Waals surface area contributed by atoms with E-state index in [1.165, 1.54) is 11.8 Å². The fraction of sp³-hybridized carbons (Fsp3) is 0.769. The van der Waals surface area contributed by atoms with Crippen LogP contribution in [-0.2, 0) is 14.3 Å². The summed E-state index contributed by atoms with van der Waals surface area (Å²) in [5, 5.41) is 11.4. The third kappa shape index (κ3) is 5.07. The lowest BCUT2D eigenvalue weighted by Gasteiger charge is -2.40. The third-order valence-corrected chi connectivity index (χ3v) is 2.85. The number of rotatable bonds is 4. The van der Waals surface area contributed by atoms with E-state index in [0.717, 1.165) is 0 Å². The number of carbonyl (C=O) groups excluding carboxylic acids is 2. The lowest BCUT2D eigenvalue weighted by Crippen LogP contribution is -2.54. The molecule has 1 fully saturated rings. The molecule has 20 heavy (non-hydrogen) atoms. The number of nitrogens with one attached hydrogen (secondary N) is 1. The summed E-state index contributed by atoms with van der Waals surface area (Å²) in [5.41, 5.74) is -0.540. The molecule has 0 bridgehead atoms. The first-order valence-electron chi connectivity index (χ1n) is 6.56. The maximum absolute atomic E-state index is 11.7. The molecule has 0 saturated carbocycles. The zero-order valence-corrected chi connectivity index (χ0v) is 12.3. The molecule has 1 heterocycles. The average Bonchev–Trinajstić information content (AvgIpc) is 2.16. The summed E-state index contributed by atoms with van der Waals surface area (Å²) in [6, 6.07) is -0.904. The molecule has 7 heteroatoms. The number of amides is 2. The molecule has 7 nitrogen and oxygen atoms in total. The lowest BCUT2D eigenvalue weighted by atomic mass is 9.92. The number of carbonyl (C=O) groups is 3. The predicted octanol–water partition coefficient (Wildman–Crippen LogP) is 0.833. The first kappa shape index (κ1) is 16.3. The minimum atomic E-state index is -1.06. The van der Waals surface area contributed by atoms with E-state index in [9.17, 15) is 14.4 Å². The molecule has 1 atom stereocenters. The van der Waals surface area contributed by atoms with Gasteiger partial charge in [0.1, 0.15) is 11.6 Å². The van der Waals surface area contributed by atoms with Crippen LogP contribution in [0.25, 0.3) is 0 Å². The molecular formula is C13H22N2O5. The van der Waals surface area contributed by atoms with Crippen LogP contribution in [0.4, 0.5) is 4.79 Å². The number of carboxylic acids is 1. The van der Waals surface area contributed by atoms with Crippen LogP contribution in [0.3, 0.4) is 0 Å². The average molecular weight is 286 g/mol. The van der Waals surface area contributed by atoms with Gasteiger partial charge in [-0.25, -0.2) is 9.59 Å². The molecule has 1 rings (SSSR count). The maximum atomic E-state index is 11.7. The first-order valence-corrected chi connectivity index (χ1v) is 6.56. The third-order valence-electron chi connectivity index (χ3n) is 2.85. The van der Waals surface area contributed by atoms with Gasteiger partial charge in [0, 0.05) is 20.0 Å². The van der Waals surface area contributed by atoms with Crippen LogP contribution in [0.15, 0.2) is 0 Å². The van der Waals surface area contributed by atoms with Crippen LogP contribution < -0.4 is 5.32 Å². The zero-order valence-electron chi connectivity index (χ0n) is 12.3. The van der Waals surface area contributed by atoms with Crippen LogP contribution in [0, 0.1) is 5.92 Å². The highest BCUT2D eigenvalue weighted by Gasteiger charge is 2.36. The summed E-state index contributed by atoms with van der Waals surface area (Å²) in [6.07, 6.45) is -0.0750. The summed E-state index contributed by atoms with van der Waals surface area (Å²) in [4.78, 5) is 35.1. The molecule has 1 aliphatic rings. The summed E-state index contributed by atoms with van der Waals surface area (Å²) >= 11 is 0. The molecule has 0 aliphatic carbocycles. The van der Waals surface area contributed by atoms with Crippen molar-refractivity contribution in [2.75, 3.05) is 13.1 Å². The Morgan fingerprint density at radius 2 is 1.90 bits per heavy atom. The SMILES string of the molecule is CC(=O)NC(CC1CN(C(=O)OC(C)(C)C)C1)C(=O)O. The van der Waals surface area contributed by atoms with Crippen molar-refractivity contribution in [1.29, 1.82) is 0 Å². The molecule has 2 N–H and O–H groups in total. The van der Waals surface area contributed by atoms with Gasteiger partial charge in [-0.2, -0.15) is 0 Å². The second kappa shape index (κ2) is 6.11. The minimum Gasteiger partial charge on any atom is -0.480 e.